The highest BCUT2D eigenvalue weighted by Gasteiger charge is 2.37. The number of carbonyl (C=O) groups excluding carboxylic acids is 2. The molecule has 0 spiro atoms. The molecule has 10 heteroatoms. The van der Waals surface area contributed by atoms with E-state index in [1.807, 2.05) is 86.7 Å². The predicted molar refractivity (Wildman–Crippen MR) is 170 cm³/mol. The molecule has 2 amide bonds. The van der Waals surface area contributed by atoms with E-state index in [1.165, 1.54) is 0 Å². The van der Waals surface area contributed by atoms with Crippen molar-refractivity contribution in [2.45, 2.75) is 65.1 Å². The number of aryl methyl sites for hydroxylation is 1. The number of fused-ring (bicyclic) bond motifs is 1. The zero-order chi connectivity index (χ0) is 30.9. The number of aromatic nitrogens is 2. The molecule has 0 bridgehead atoms. The van der Waals surface area contributed by atoms with Crippen LogP contribution in [0.4, 0.5) is 10.5 Å². The first kappa shape index (κ1) is 31.1. The van der Waals surface area contributed by atoms with Gasteiger partial charge in [0.05, 0.1) is 31.5 Å². The van der Waals surface area contributed by atoms with Crippen molar-refractivity contribution in [2.24, 2.45) is 0 Å². The maximum Gasteiger partial charge on any atom is 0.410 e. The summed E-state index contributed by atoms with van der Waals surface area (Å²) in [5, 5.41) is 5.86. The molecule has 0 N–H and O–H groups in total. The number of para-hydroxylation sites is 1. The molecule has 0 radical (unpaired) electrons. The third-order valence-electron chi connectivity index (χ3n) is 7.95. The van der Waals surface area contributed by atoms with E-state index < -0.39 is 5.60 Å². The first-order valence-electron chi connectivity index (χ1n) is 14.6. The van der Waals surface area contributed by atoms with Crippen molar-refractivity contribution in [3.05, 3.63) is 86.7 Å². The van der Waals surface area contributed by atoms with Gasteiger partial charge in [0.25, 0.3) is 5.91 Å². The molecule has 3 aromatic rings. The van der Waals surface area contributed by atoms with Gasteiger partial charge in [-0.05, 0) is 70.9 Å². The molecule has 2 aliphatic heterocycles. The van der Waals surface area contributed by atoms with Crippen LogP contribution in [0.1, 0.15) is 61.2 Å². The average Bonchev–Trinajstić information content (AvgIpc) is 3.45. The molecular formula is C33H38Cl2N4O4. The summed E-state index contributed by atoms with van der Waals surface area (Å²) in [6.45, 7) is 11.8. The van der Waals surface area contributed by atoms with Crippen molar-refractivity contribution in [1.82, 2.24) is 14.7 Å². The number of hydrogen-bond donors (Lipinski definition) is 0. The zero-order valence-corrected chi connectivity index (χ0v) is 26.8. The number of nitrogens with zero attached hydrogens (tertiary/aromatic N) is 4. The summed E-state index contributed by atoms with van der Waals surface area (Å²) in [5.41, 5.74) is 4.81. The van der Waals surface area contributed by atoms with E-state index in [2.05, 4.69) is 11.2 Å². The van der Waals surface area contributed by atoms with Crippen molar-refractivity contribution in [3.8, 4) is 0 Å². The van der Waals surface area contributed by atoms with Crippen LogP contribution in [0.15, 0.2) is 48.5 Å². The highest BCUT2D eigenvalue weighted by Crippen LogP contribution is 2.40. The second-order valence-electron chi connectivity index (χ2n) is 12.1. The fourth-order valence-electron chi connectivity index (χ4n) is 5.83. The smallest absolute Gasteiger partial charge is 0.410 e. The van der Waals surface area contributed by atoms with Crippen LogP contribution >= 0.6 is 23.2 Å². The van der Waals surface area contributed by atoms with E-state index in [-0.39, 0.29) is 24.0 Å². The average molecular weight is 626 g/mol. The molecule has 2 aliphatic rings. The summed E-state index contributed by atoms with van der Waals surface area (Å²) in [6, 6.07) is 13.3. The lowest BCUT2D eigenvalue weighted by Crippen LogP contribution is -2.51. The van der Waals surface area contributed by atoms with Crippen LogP contribution in [0.25, 0.3) is 6.08 Å². The van der Waals surface area contributed by atoms with Crippen LogP contribution in [0.2, 0.25) is 10.0 Å². The third-order valence-corrected chi connectivity index (χ3v) is 8.66. The number of carbonyl (C=O) groups is 2. The molecule has 43 heavy (non-hydrogen) atoms. The largest absolute Gasteiger partial charge is 0.444 e. The lowest BCUT2D eigenvalue weighted by molar-refractivity contribution is -0.114. The van der Waals surface area contributed by atoms with E-state index in [4.69, 9.17) is 32.7 Å². The molecule has 3 heterocycles. The molecule has 1 aromatic heterocycles. The normalized spacial score (nSPS) is 18.8. The Morgan fingerprint density at radius 1 is 1.09 bits per heavy atom. The molecule has 1 fully saturated rings. The van der Waals surface area contributed by atoms with Crippen molar-refractivity contribution in [3.63, 3.8) is 0 Å². The number of benzene rings is 2. The van der Waals surface area contributed by atoms with Gasteiger partial charge in [-0.1, -0.05) is 47.5 Å². The number of rotatable bonds is 6. The Hall–Kier alpha value is -3.33. The van der Waals surface area contributed by atoms with Gasteiger partial charge >= 0.3 is 6.09 Å². The fraction of sp³-hybridized carbons (Fsp3) is 0.424. The maximum atomic E-state index is 13.6. The Kier molecular flexibility index (Phi) is 9.20. The van der Waals surface area contributed by atoms with Crippen LogP contribution in [0.5, 0.6) is 0 Å². The summed E-state index contributed by atoms with van der Waals surface area (Å²) in [5.74, 6) is -0.0590. The van der Waals surface area contributed by atoms with Crippen LogP contribution in [-0.2, 0) is 20.8 Å². The molecular weight excluding hydrogens is 587 g/mol. The standard InChI is InChI=1S/C33H38Cl2N4O4/c1-21-25(22(2)39(36-21)19-27-28(34)10-8-11-29(27)35)13-14-31(40)38-18-23(26-9-6-7-12-30(26)38)17-24-20-42-16-15-37(24)32(41)43-33(3,4)5/h6-14,23-24H,15-20H2,1-5H3/b14-13+. The van der Waals surface area contributed by atoms with Gasteiger partial charge in [-0.15, -0.1) is 0 Å². The van der Waals surface area contributed by atoms with Crippen LogP contribution < -0.4 is 4.90 Å². The van der Waals surface area contributed by atoms with E-state index in [0.29, 0.717) is 49.3 Å². The number of anilines is 1. The van der Waals surface area contributed by atoms with Gasteiger partial charge in [0.1, 0.15) is 5.60 Å². The highest BCUT2D eigenvalue weighted by atomic mass is 35.5. The van der Waals surface area contributed by atoms with Crippen molar-refractivity contribution < 1.29 is 19.1 Å². The minimum atomic E-state index is -0.579. The second kappa shape index (κ2) is 12.7. The second-order valence-corrected chi connectivity index (χ2v) is 12.9. The van der Waals surface area contributed by atoms with E-state index in [9.17, 15) is 9.59 Å². The Bertz CT molecular complexity index is 1520. The summed E-state index contributed by atoms with van der Waals surface area (Å²) < 4.78 is 13.3. The molecule has 2 atom stereocenters. The molecule has 0 saturated carbocycles. The Labute approximate surface area is 263 Å². The van der Waals surface area contributed by atoms with E-state index >= 15 is 0 Å². The van der Waals surface area contributed by atoms with Crippen LogP contribution in [-0.4, -0.2) is 64.6 Å². The van der Waals surface area contributed by atoms with Crippen LogP contribution in [0, 0.1) is 13.8 Å². The molecule has 228 valence electrons. The maximum absolute atomic E-state index is 13.6. The fourth-order valence-corrected chi connectivity index (χ4v) is 6.35. The first-order chi connectivity index (χ1) is 20.4. The summed E-state index contributed by atoms with van der Waals surface area (Å²) in [7, 11) is 0. The van der Waals surface area contributed by atoms with Gasteiger partial charge in [0.15, 0.2) is 0 Å². The highest BCUT2D eigenvalue weighted by molar-refractivity contribution is 6.36. The Morgan fingerprint density at radius 3 is 2.53 bits per heavy atom. The summed E-state index contributed by atoms with van der Waals surface area (Å²) >= 11 is 12.8. The number of morpholine rings is 1. The lowest BCUT2D eigenvalue weighted by atomic mass is 9.93. The van der Waals surface area contributed by atoms with Crippen LogP contribution in [0.3, 0.4) is 0 Å². The van der Waals surface area contributed by atoms with Gasteiger partial charge in [0.2, 0.25) is 0 Å². The Morgan fingerprint density at radius 2 is 1.81 bits per heavy atom. The number of hydrogen-bond acceptors (Lipinski definition) is 5. The van der Waals surface area contributed by atoms with Gasteiger partial charge in [0, 0.05) is 57.6 Å². The van der Waals surface area contributed by atoms with Crippen molar-refractivity contribution in [1.29, 1.82) is 0 Å². The van der Waals surface area contributed by atoms with Gasteiger partial charge in [-0.3, -0.25) is 9.48 Å². The summed E-state index contributed by atoms with van der Waals surface area (Å²) in [4.78, 5) is 30.2. The van der Waals surface area contributed by atoms with Gasteiger partial charge < -0.3 is 19.3 Å². The number of amides is 2. The monoisotopic (exact) mass is 624 g/mol. The quantitative estimate of drug-likeness (QED) is 0.275. The van der Waals surface area contributed by atoms with E-state index in [0.717, 1.165) is 33.8 Å². The lowest BCUT2D eigenvalue weighted by Gasteiger charge is -2.37. The van der Waals surface area contributed by atoms with E-state index in [1.54, 1.807) is 11.0 Å². The first-order valence-corrected chi connectivity index (χ1v) is 15.3. The van der Waals surface area contributed by atoms with Gasteiger partial charge in [-0.25, -0.2) is 4.79 Å². The Balaban J connectivity index is 1.32. The molecule has 1 saturated heterocycles. The minimum absolute atomic E-state index is 0.0526. The summed E-state index contributed by atoms with van der Waals surface area (Å²) in [6.07, 6.45) is 3.78. The molecule has 0 aliphatic carbocycles. The molecule has 8 nitrogen and oxygen atoms in total. The molecule has 5 rings (SSSR count). The topological polar surface area (TPSA) is 76.9 Å². The van der Waals surface area contributed by atoms with Gasteiger partial charge in [-0.2, -0.15) is 5.10 Å². The number of ether oxygens (including phenoxy) is 2. The predicted octanol–water partition coefficient (Wildman–Crippen LogP) is 7.02. The third kappa shape index (κ3) is 6.92. The van der Waals surface area contributed by atoms with Crippen molar-refractivity contribution >= 4 is 47.0 Å². The number of halogens is 2. The molecule has 2 unspecified atom stereocenters. The molecule has 2 aromatic carbocycles. The SMILES string of the molecule is Cc1nn(Cc2c(Cl)cccc2Cl)c(C)c1/C=C/C(=O)N1CC(CC2COCCN2C(=O)OC(C)(C)C)c2ccccc21. The van der Waals surface area contributed by atoms with Crippen molar-refractivity contribution in [2.75, 3.05) is 31.2 Å². The minimum Gasteiger partial charge on any atom is -0.444 e. The zero-order valence-electron chi connectivity index (χ0n) is 25.3.